The molecule has 4 rings (SSSR count). The summed E-state index contributed by atoms with van der Waals surface area (Å²) in [5.41, 5.74) is 0. The van der Waals surface area contributed by atoms with Gasteiger partial charge in [-0.3, -0.25) is 4.79 Å². The first-order chi connectivity index (χ1) is 13.1. The Hall–Kier alpha value is -2.48. The molecule has 7 nitrogen and oxygen atoms in total. The van der Waals surface area contributed by atoms with Crippen LogP contribution in [-0.4, -0.2) is 56.0 Å². The number of ether oxygens (including phenoxy) is 1. The van der Waals surface area contributed by atoms with E-state index in [4.69, 9.17) is 4.74 Å². The van der Waals surface area contributed by atoms with Crippen molar-refractivity contribution in [3.05, 3.63) is 42.7 Å². The number of aliphatic hydroxyl groups is 1. The summed E-state index contributed by atoms with van der Waals surface area (Å²) < 4.78 is 20.7. The van der Waals surface area contributed by atoms with Crippen LogP contribution in [-0.2, 0) is 11.3 Å². The largest absolute Gasteiger partial charge is 0.488 e. The number of fused-ring (bicyclic) bond motifs is 1. The third-order valence-electron chi connectivity index (χ3n) is 5.59. The second kappa shape index (κ2) is 7.64. The van der Waals surface area contributed by atoms with E-state index >= 15 is 0 Å². The molecule has 4 atom stereocenters. The standard InChI is InChI=1S/C19H23FN4O3/c20-15-1-3-16(4-2-15)27-18-8-14-10-24(9-13(14)7-17(18)25)19(26)5-6-23-11-21-22-12-23/h1-4,11-14,17-18,25H,5-10H2/t13-,14+,17+,18+/m0/s1. The fourth-order valence-electron chi connectivity index (χ4n) is 4.13. The number of carbonyl (C=O) groups excluding carboxylic acids is 1. The summed E-state index contributed by atoms with van der Waals surface area (Å²) in [4.78, 5) is 14.4. The Balaban J connectivity index is 1.32. The van der Waals surface area contributed by atoms with Gasteiger partial charge in [0.15, 0.2) is 0 Å². The lowest BCUT2D eigenvalue weighted by molar-refractivity contribution is -0.130. The number of aliphatic hydroxyl groups excluding tert-OH is 1. The van der Waals surface area contributed by atoms with Crippen LogP contribution < -0.4 is 4.74 Å². The predicted octanol–water partition coefficient (Wildman–Crippen LogP) is 1.48. The van der Waals surface area contributed by atoms with Gasteiger partial charge in [-0.15, -0.1) is 10.2 Å². The average Bonchev–Trinajstić information content (AvgIpc) is 3.31. The number of amides is 1. The van der Waals surface area contributed by atoms with Gasteiger partial charge in [-0.1, -0.05) is 0 Å². The van der Waals surface area contributed by atoms with E-state index in [2.05, 4.69) is 10.2 Å². The molecule has 1 aromatic carbocycles. The number of halogens is 1. The van der Waals surface area contributed by atoms with Crippen LogP contribution in [0.25, 0.3) is 0 Å². The smallest absolute Gasteiger partial charge is 0.224 e. The maximum Gasteiger partial charge on any atom is 0.224 e. The Morgan fingerprint density at radius 2 is 1.81 bits per heavy atom. The van der Waals surface area contributed by atoms with Crippen molar-refractivity contribution in [2.45, 2.75) is 38.0 Å². The van der Waals surface area contributed by atoms with Crippen LogP contribution in [0.5, 0.6) is 5.75 Å². The molecule has 0 unspecified atom stereocenters. The molecule has 0 spiro atoms. The van der Waals surface area contributed by atoms with Crippen LogP contribution in [0.4, 0.5) is 4.39 Å². The van der Waals surface area contributed by atoms with Gasteiger partial charge in [0, 0.05) is 26.1 Å². The highest BCUT2D eigenvalue weighted by atomic mass is 19.1. The molecule has 2 aliphatic rings. The molecule has 27 heavy (non-hydrogen) atoms. The highest BCUT2D eigenvalue weighted by Gasteiger charge is 2.43. The van der Waals surface area contributed by atoms with Crippen molar-refractivity contribution in [1.82, 2.24) is 19.7 Å². The third kappa shape index (κ3) is 4.10. The van der Waals surface area contributed by atoms with E-state index in [9.17, 15) is 14.3 Å². The van der Waals surface area contributed by atoms with E-state index in [1.54, 1.807) is 29.4 Å². The van der Waals surface area contributed by atoms with Crippen LogP contribution >= 0.6 is 0 Å². The lowest BCUT2D eigenvalue weighted by Crippen LogP contribution is -2.42. The van der Waals surface area contributed by atoms with Gasteiger partial charge in [0.1, 0.15) is 30.3 Å². The minimum absolute atomic E-state index is 0.114. The average molecular weight is 374 g/mol. The second-order valence-electron chi connectivity index (χ2n) is 7.42. The van der Waals surface area contributed by atoms with Gasteiger partial charge >= 0.3 is 0 Å². The molecule has 2 aromatic rings. The Bertz CT molecular complexity index is 768. The van der Waals surface area contributed by atoms with Gasteiger partial charge in [-0.2, -0.15) is 0 Å². The predicted molar refractivity (Wildman–Crippen MR) is 94.3 cm³/mol. The Morgan fingerprint density at radius 3 is 2.52 bits per heavy atom. The first-order valence-electron chi connectivity index (χ1n) is 9.29. The zero-order valence-electron chi connectivity index (χ0n) is 14.9. The first-order valence-corrected chi connectivity index (χ1v) is 9.29. The number of aromatic nitrogens is 3. The van der Waals surface area contributed by atoms with Gasteiger partial charge in [-0.25, -0.2) is 4.39 Å². The van der Waals surface area contributed by atoms with Crippen molar-refractivity contribution in [2.24, 2.45) is 11.8 Å². The summed E-state index contributed by atoms with van der Waals surface area (Å²) in [6, 6.07) is 5.84. The van der Waals surface area contributed by atoms with Crippen LogP contribution in [0.2, 0.25) is 0 Å². The maximum absolute atomic E-state index is 13.0. The molecule has 2 fully saturated rings. The number of rotatable bonds is 5. The normalized spacial score (nSPS) is 27.4. The lowest BCUT2D eigenvalue weighted by atomic mass is 9.78. The zero-order valence-corrected chi connectivity index (χ0v) is 14.9. The summed E-state index contributed by atoms with van der Waals surface area (Å²) >= 11 is 0. The summed E-state index contributed by atoms with van der Waals surface area (Å²) in [6.45, 7) is 1.95. The van der Waals surface area contributed by atoms with Gasteiger partial charge in [0.2, 0.25) is 5.91 Å². The van der Waals surface area contributed by atoms with Crippen molar-refractivity contribution in [2.75, 3.05) is 13.1 Å². The molecule has 144 valence electrons. The van der Waals surface area contributed by atoms with E-state index in [-0.39, 0.29) is 17.8 Å². The minimum atomic E-state index is -0.580. The van der Waals surface area contributed by atoms with Crippen LogP contribution in [0, 0.1) is 17.7 Å². The molecule has 2 heterocycles. The molecule has 1 amide bonds. The van der Waals surface area contributed by atoms with E-state index in [0.29, 0.717) is 56.5 Å². The highest BCUT2D eigenvalue weighted by molar-refractivity contribution is 5.76. The third-order valence-corrected chi connectivity index (χ3v) is 5.59. The molecular weight excluding hydrogens is 351 g/mol. The van der Waals surface area contributed by atoms with Gasteiger partial charge in [-0.05, 0) is 48.9 Å². The number of aryl methyl sites for hydroxylation is 1. The molecule has 1 saturated carbocycles. The minimum Gasteiger partial charge on any atom is -0.488 e. The van der Waals surface area contributed by atoms with Crippen LogP contribution in [0.1, 0.15) is 19.3 Å². The monoisotopic (exact) mass is 374 g/mol. The van der Waals surface area contributed by atoms with Crippen LogP contribution in [0.3, 0.4) is 0 Å². The Labute approximate surface area is 156 Å². The van der Waals surface area contributed by atoms with Crippen molar-refractivity contribution >= 4 is 5.91 Å². The lowest BCUT2D eigenvalue weighted by Gasteiger charge is -2.35. The topological polar surface area (TPSA) is 80.5 Å². The Kier molecular flexibility index (Phi) is 5.07. The van der Waals surface area contributed by atoms with Crippen molar-refractivity contribution in [3.63, 3.8) is 0 Å². The van der Waals surface area contributed by atoms with Crippen molar-refractivity contribution in [1.29, 1.82) is 0 Å². The summed E-state index contributed by atoms with van der Waals surface area (Å²) in [5.74, 6) is 0.968. The van der Waals surface area contributed by atoms with Gasteiger partial charge in [0.25, 0.3) is 0 Å². The highest BCUT2D eigenvalue weighted by Crippen LogP contribution is 2.38. The Morgan fingerprint density at radius 1 is 1.15 bits per heavy atom. The fourth-order valence-corrected chi connectivity index (χ4v) is 4.13. The fraction of sp³-hybridized carbons (Fsp3) is 0.526. The molecule has 1 aliphatic heterocycles. The number of carbonyl (C=O) groups is 1. The first kappa shape index (κ1) is 17.9. The second-order valence-corrected chi connectivity index (χ2v) is 7.42. The maximum atomic E-state index is 13.0. The van der Waals surface area contributed by atoms with E-state index in [1.807, 2.05) is 4.90 Å². The molecular formula is C19H23FN4O3. The van der Waals surface area contributed by atoms with Crippen molar-refractivity contribution in [3.8, 4) is 5.75 Å². The summed E-state index contributed by atoms with van der Waals surface area (Å²) in [6.07, 6.45) is 4.02. The number of nitrogens with zero attached hydrogens (tertiary/aromatic N) is 4. The molecule has 8 heteroatoms. The number of likely N-dealkylation sites (tertiary alicyclic amines) is 1. The quantitative estimate of drug-likeness (QED) is 0.858. The number of benzene rings is 1. The summed E-state index contributed by atoms with van der Waals surface area (Å²) in [5, 5.41) is 17.9. The molecule has 1 saturated heterocycles. The van der Waals surface area contributed by atoms with Crippen molar-refractivity contribution < 1.29 is 19.0 Å². The molecule has 1 aromatic heterocycles. The number of hydrogen-bond acceptors (Lipinski definition) is 5. The van der Waals surface area contributed by atoms with E-state index in [0.717, 1.165) is 0 Å². The number of hydrogen-bond donors (Lipinski definition) is 1. The summed E-state index contributed by atoms with van der Waals surface area (Å²) in [7, 11) is 0. The molecule has 0 radical (unpaired) electrons. The van der Waals surface area contributed by atoms with E-state index < -0.39 is 6.10 Å². The van der Waals surface area contributed by atoms with E-state index in [1.165, 1.54) is 12.1 Å². The molecule has 0 bridgehead atoms. The molecule has 1 N–H and O–H groups in total. The molecule has 1 aliphatic carbocycles. The zero-order chi connectivity index (χ0) is 18.8. The van der Waals surface area contributed by atoms with Crippen LogP contribution in [0.15, 0.2) is 36.9 Å². The SMILES string of the molecule is O=C(CCn1cnnc1)N1C[C@H]2C[C@@H](Oc3ccc(F)cc3)[C@H](O)C[C@H]2C1. The van der Waals surface area contributed by atoms with Gasteiger partial charge < -0.3 is 19.3 Å². The van der Waals surface area contributed by atoms with Gasteiger partial charge in [0.05, 0.1) is 6.10 Å².